The van der Waals surface area contributed by atoms with Gasteiger partial charge in [0.05, 0.1) is 6.10 Å². The molecule has 0 aliphatic carbocycles. The summed E-state index contributed by atoms with van der Waals surface area (Å²) in [5.41, 5.74) is 1.15. The number of carbonyl (C=O) groups is 2. The van der Waals surface area contributed by atoms with Crippen LogP contribution in [0.15, 0.2) is 35.7 Å². The van der Waals surface area contributed by atoms with Crippen molar-refractivity contribution < 1.29 is 19.1 Å². The lowest BCUT2D eigenvalue weighted by Crippen LogP contribution is -2.34. The van der Waals surface area contributed by atoms with Gasteiger partial charge in [-0.15, -0.1) is 11.3 Å². The molecule has 0 radical (unpaired) electrons. The number of amides is 1. The van der Waals surface area contributed by atoms with Crippen LogP contribution in [0.5, 0.6) is 0 Å². The van der Waals surface area contributed by atoms with E-state index in [-0.39, 0.29) is 24.3 Å². The normalized spacial score (nSPS) is 16.8. The van der Waals surface area contributed by atoms with Crippen molar-refractivity contribution in [3.8, 4) is 10.6 Å². The molecule has 1 aromatic heterocycles. The number of thiazole rings is 1. The van der Waals surface area contributed by atoms with Crippen molar-refractivity contribution in [1.82, 2.24) is 10.3 Å². The third-order valence-corrected chi connectivity index (χ3v) is 4.51. The number of benzene rings is 1. The van der Waals surface area contributed by atoms with E-state index < -0.39 is 5.97 Å². The Bertz CT molecular complexity index is 696. The van der Waals surface area contributed by atoms with Crippen LogP contribution in [0.3, 0.4) is 0 Å². The van der Waals surface area contributed by atoms with Gasteiger partial charge in [0.1, 0.15) is 5.01 Å². The van der Waals surface area contributed by atoms with Crippen LogP contribution in [0.2, 0.25) is 0 Å². The van der Waals surface area contributed by atoms with E-state index >= 15 is 0 Å². The predicted molar refractivity (Wildman–Crippen MR) is 89.8 cm³/mol. The van der Waals surface area contributed by atoms with Crippen LogP contribution in [0, 0.1) is 0 Å². The van der Waals surface area contributed by atoms with Crippen molar-refractivity contribution in [3.63, 3.8) is 0 Å². The quantitative estimate of drug-likeness (QED) is 0.812. The van der Waals surface area contributed by atoms with Crippen molar-refractivity contribution in [2.75, 3.05) is 19.8 Å². The summed E-state index contributed by atoms with van der Waals surface area (Å²) in [6.07, 6.45) is 2.03. The maximum Gasteiger partial charge on any atom is 0.358 e. The van der Waals surface area contributed by atoms with E-state index in [1.54, 1.807) is 5.38 Å². The first kappa shape index (κ1) is 16.6. The van der Waals surface area contributed by atoms with E-state index in [0.717, 1.165) is 30.0 Å². The second-order valence-corrected chi connectivity index (χ2v) is 6.28. The topological polar surface area (TPSA) is 77.5 Å². The Labute approximate surface area is 143 Å². The van der Waals surface area contributed by atoms with Gasteiger partial charge in [-0.05, 0) is 12.8 Å². The molecule has 3 rings (SSSR count). The fourth-order valence-corrected chi connectivity index (χ4v) is 3.17. The fourth-order valence-electron chi connectivity index (χ4n) is 2.37. The third kappa shape index (κ3) is 4.39. The lowest BCUT2D eigenvalue weighted by atomic mass is 10.2. The van der Waals surface area contributed by atoms with E-state index in [2.05, 4.69) is 10.3 Å². The minimum Gasteiger partial charge on any atom is -0.451 e. The molecule has 0 saturated carbocycles. The van der Waals surface area contributed by atoms with Gasteiger partial charge in [0, 0.05) is 24.1 Å². The summed E-state index contributed by atoms with van der Waals surface area (Å²) < 4.78 is 10.4. The molecule has 1 fully saturated rings. The van der Waals surface area contributed by atoms with Gasteiger partial charge in [-0.3, -0.25) is 4.79 Å². The number of aromatic nitrogens is 1. The van der Waals surface area contributed by atoms with Crippen LogP contribution in [0.1, 0.15) is 23.3 Å². The fraction of sp³-hybridized carbons (Fsp3) is 0.353. The van der Waals surface area contributed by atoms with Gasteiger partial charge < -0.3 is 14.8 Å². The number of hydrogen-bond acceptors (Lipinski definition) is 6. The SMILES string of the molecule is O=C(COC(=O)c1csc(-c2ccccc2)n1)NC[C@H]1CCCO1. The monoisotopic (exact) mass is 346 g/mol. The average Bonchev–Trinajstić information content (AvgIpc) is 3.30. The smallest absolute Gasteiger partial charge is 0.358 e. The van der Waals surface area contributed by atoms with Crippen LogP contribution in [0.25, 0.3) is 10.6 Å². The minimum atomic E-state index is -0.597. The molecule has 1 saturated heterocycles. The summed E-state index contributed by atoms with van der Waals surface area (Å²) in [6, 6.07) is 9.58. The van der Waals surface area contributed by atoms with E-state index in [1.807, 2.05) is 30.3 Å². The number of rotatable bonds is 6. The summed E-state index contributed by atoms with van der Waals surface area (Å²) >= 11 is 1.36. The second-order valence-electron chi connectivity index (χ2n) is 5.42. The highest BCUT2D eigenvalue weighted by atomic mass is 32.1. The van der Waals surface area contributed by atoms with Crippen LogP contribution in [-0.2, 0) is 14.3 Å². The second kappa shape index (κ2) is 8.03. The van der Waals surface area contributed by atoms with Crippen molar-refractivity contribution in [3.05, 3.63) is 41.4 Å². The van der Waals surface area contributed by atoms with E-state index in [9.17, 15) is 9.59 Å². The summed E-state index contributed by atoms with van der Waals surface area (Å²) in [4.78, 5) is 27.9. The Morgan fingerprint density at radius 3 is 2.92 bits per heavy atom. The molecule has 1 atom stereocenters. The predicted octanol–water partition coefficient (Wildman–Crippen LogP) is 2.26. The lowest BCUT2D eigenvalue weighted by Gasteiger charge is -2.10. The number of carbonyl (C=O) groups excluding carboxylic acids is 2. The largest absolute Gasteiger partial charge is 0.451 e. The Kier molecular flexibility index (Phi) is 5.55. The molecule has 126 valence electrons. The third-order valence-electron chi connectivity index (χ3n) is 3.62. The lowest BCUT2D eigenvalue weighted by molar-refractivity contribution is -0.124. The van der Waals surface area contributed by atoms with E-state index in [1.165, 1.54) is 11.3 Å². The van der Waals surface area contributed by atoms with Crippen LogP contribution < -0.4 is 5.32 Å². The zero-order valence-corrected chi connectivity index (χ0v) is 13.9. The average molecular weight is 346 g/mol. The zero-order chi connectivity index (χ0) is 16.8. The van der Waals surface area contributed by atoms with Crippen molar-refractivity contribution >= 4 is 23.2 Å². The van der Waals surface area contributed by atoms with Crippen LogP contribution in [-0.4, -0.2) is 42.7 Å². The van der Waals surface area contributed by atoms with Gasteiger partial charge in [-0.1, -0.05) is 30.3 Å². The van der Waals surface area contributed by atoms with Gasteiger partial charge in [0.25, 0.3) is 5.91 Å². The summed E-state index contributed by atoms with van der Waals surface area (Å²) in [7, 11) is 0. The van der Waals surface area contributed by atoms with Gasteiger partial charge in [-0.25, -0.2) is 9.78 Å². The molecule has 6 nitrogen and oxygen atoms in total. The van der Waals surface area contributed by atoms with Crippen molar-refractivity contribution in [2.24, 2.45) is 0 Å². The van der Waals surface area contributed by atoms with Gasteiger partial charge in [0.2, 0.25) is 0 Å². The standard InChI is InChI=1S/C17H18N2O4S/c20-15(18-9-13-7-4-8-22-13)10-23-17(21)14-11-24-16(19-14)12-5-2-1-3-6-12/h1-3,5-6,11,13H,4,7-10H2,(H,18,20)/t13-/m1/s1. The maximum atomic E-state index is 12.0. The summed E-state index contributed by atoms with van der Waals surface area (Å²) in [6.45, 7) is 0.873. The van der Waals surface area contributed by atoms with Gasteiger partial charge in [0.15, 0.2) is 12.3 Å². The first-order valence-corrected chi connectivity index (χ1v) is 8.67. The van der Waals surface area contributed by atoms with Crippen molar-refractivity contribution in [2.45, 2.75) is 18.9 Å². The molecule has 0 unspecified atom stereocenters. The highest BCUT2D eigenvalue weighted by Gasteiger charge is 2.18. The molecule has 1 N–H and O–H groups in total. The van der Waals surface area contributed by atoms with E-state index in [0.29, 0.717) is 6.54 Å². The molecule has 1 aromatic carbocycles. The Hall–Kier alpha value is -2.25. The van der Waals surface area contributed by atoms with Crippen molar-refractivity contribution in [1.29, 1.82) is 0 Å². The Morgan fingerprint density at radius 1 is 1.33 bits per heavy atom. The highest BCUT2D eigenvalue weighted by molar-refractivity contribution is 7.13. The summed E-state index contributed by atoms with van der Waals surface area (Å²) in [5.74, 6) is -0.932. The maximum absolute atomic E-state index is 12.0. The number of ether oxygens (including phenoxy) is 2. The Balaban J connectivity index is 1.46. The first-order chi connectivity index (χ1) is 11.7. The number of hydrogen-bond donors (Lipinski definition) is 1. The molecule has 0 bridgehead atoms. The minimum absolute atomic E-state index is 0.0663. The molecule has 2 aromatic rings. The van der Waals surface area contributed by atoms with E-state index in [4.69, 9.17) is 9.47 Å². The summed E-state index contributed by atoms with van der Waals surface area (Å²) in [5, 5.41) is 5.08. The zero-order valence-electron chi connectivity index (χ0n) is 13.1. The Morgan fingerprint density at radius 2 is 2.17 bits per heavy atom. The molecule has 1 aliphatic rings. The molecular formula is C17H18N2O4S. The highest BCUT2D eigenvalue weighted by Crippen LogP contribution is 2.23. The molecule has 24 heavy (non-hydrogen) atoms. The molecule has 7 heteroatoms. The van der Waals surface area contributed by atoms with Crippen LogP contribution in [0.4, 0.5) is 0 Å². The van der Waals surface area contributed by atoms with Gasteiger partial charge in [-0.2, -0.15) is 0 Å². The molecule has 0 spiro atoms. The number of esters is 1. The number of nitrogens with one attached hydrogen (secondary N) is 1. The van der Waals surface area contributed by atoms with Gasteiger partial charge >= 0.3 is 5.97 Å². The first-order valence-electron chi connectivity index (χ1n) is 7.79. The molecule has 1 aliphatic heterocycles. The number of nitrogens with zero attached hydrogens (tertiary/aromatic N) is 1. The van der Waals surface area contributed by atoms with Crippen LogP contribution >= 0.6 is 11.3 Å². The molecule has 1 amide bonds. The molecular weight excluding hydrogens is 328 g/mol. The molecule has 2 heterocycles.